The van der Waals surface area contributed by atoms with Crippen molar-refractivity contribution < 1.29 is 4.74 Å². The van der Waals surface area contributed by atoms with Crippen LogP contribution in [0.1, 0.15) is 18.0 Å². The number of hydrogen-bond acceptors (Lipinski definition) is 4. The van der Waals surface area contributed by atoms with Crippen molar-refractivity contribution in [3.05, 3.63) is 29.8 Å². The number of ether oxygens (including phenoxy) is 1. The fourth-order valence-corrected chi connectivity index (χ4v) is 4.22. The Bertz CT molecular complexity index is 506. The van der Waals surface area contributed by atoms with Gasteiger partial charge in [-0.1, -0.05) is 18.2 Å². The van der Waals surface area contributed by atoms with Crippen LogP contribution in [0.5, 0.6) is 0 Å². The van der Waals surface area contributed by atoms with Crippen molar-refractivity contribution in [1.29, 1.82) is 0 Å². The molecular weight excluding hydrogens is 314 g/mol. The second-order valence-corrected chi connectivity index (χ2v) is 7.13. The van der Waals surface area contributed by atoms with Gasteiger partial charge in [-0.05, 0) is 30.3 Å². The van der Waals surface area contributed by atoms with Gasteiger partial charge in [0.15, 0.2) is 5.11 Å². The Kier molecular flexibility index (Phi) is 5.95. The molecule has 22 heavy (non-hydrogen) atoms. The van der Waals surface area contributed by atoms with Crippen LogP contribution in [-0.4, -0.2) is 55.2 Å². The Morgan fingerprint density at radius 2 is 2.14 bits per heavy atom. The highest BCUT2D eigenvalue weighted by atomic mass is 32.2. The second-order valence-electron chi connectivity index (χ2n) is 5.58. The molecule has 0 amide bonds. The van der Waals surface area contributed by atoms with E-state index >= 15 is 0 Å². The van der Waals surface area contributed by atoms with Gasteiger partial charge in [0.1, 0.15) is 0 Å². The maximum atomic E-state index is 5.46. The number of thioether (sulfide) groups is 1. The molecule has 6 heteroatoms. The lowest BCUT2D eigenvalue weighted by Gasteiger charge is -2.28. The monoisotopic (exact) mass is 337 g/mol. The maximum Gasteiger partial charge on any atom is 0.166 e. The number of morpholine rings is 1. The minimum absolute atomic E-state index is 0.334. The van der Waals surface area contributed by atoms with Gasteiger partial charge in [0.05, 0.1) is 19.3 Å². The van der Waals surface area contributed by atoms with E-state index in [2.05, 4.69) is 39.8 Å². The van der Waals surface area contributed by atoms with Gasteiger partial charge in [-0.15, -0.1) is 11.8 Å². The van der Waals surface area contributed by atoms with Crippen molar-refractivity contribution in [3.8, 4) is 0 Å². The van der Waals surface area contributed by atoms with E-state index in [0.717, 1.165) is 56.7 Å². The molecule has 120 valence electrons. The van der Waals surface area contributed by atoms with Gasteiger partial charge in [-0.3, -0.25) is 4.90 Å². The van der Waals surface area contributed by atoms with Crippen LogP contribution in [0.4, 0.5) is 0 Å². The predicted octanol–water partition coefficient (Wildman–Crippen LogP) is 2.02. The molecule has 0 radical (unpaired) electrons. The molecule has 1 aromatic carbocycles. The largest absolute Gasteiger partial charge is 0.379 e. The average Bonchev–Trinajstić information content (AvgIpc) is 2.56. The molecule has 2 aliphatic heterocycles. The van der Waals surface area contributed by atoms with E-state index in [4.69, 9.17) is 17.0 Å². The van der Waals surface area contributed by atoms with Crippen molar-refractivity contribution in [3.63, 3.8) is 0 Å². The number of rotatable bonds is 4. The number of hydrogen-bond donors (Lipinski definition) is 2. The van der Waals surface area contributed by atoms with E-state index in [1.54, 1.807) is 0 Å². The number of fused-ring (bicyclic) bond motifs is 1. The Balaban J connectivity index is 1.44. The fourth-order valence-electron chi connectivity index (χ4n) is 2.85. The zero-order valence-electron chi connectivity index (χ0n) is 12.7. The number of nitrogens with one attached hydrogen (secondary N) is 2. The Hall–Kier alpha value is -0.820. The third kappa shape index (κ3) is 4.35. The quantitative estimate of drug-likeness (QED) is 0.819. The van der Waals surface area contributed by atoms with Gasteiger partial charge in [0.25, 0.3) is 0 Å². The van der Waals surface area contributed by atoms with Gasteiger partial charge in [0, 0.05) is 36.8 Å². The van der Waals surface area contributed by atoms with Gasteiger partial charge < -0.3 is 15.4 Å². The molecule has 1 atom stereocenters. The van der Waals surface area contributed by atoms with Crippen molar-refractivity contribution >= 4 is 29.1 Å². The van der Waals surface area contributed by atoms with Crippen LogP contribution in [0.2, 0.25) is 0 Å². The normalized spacial score (nSPS) is 21.9. The van der Waals surface area contributed by atoms with Crippen molar-refractivity contribution in [2.24, 2.45) is 0 Å². The minimum Gasteiger partial charge on any atom is -0.379 e. The summed E-state index contributed by atoms with van der Waals surface area (Å²) < 4.78 is 5.36. The Labute approximate surface area is 142 Å². The topological polar surface area (TPSA) is 36.5 Å². The molecule has 0 saturated carbocycles. The predicted molar refractivity (Wildman–Crippen MR) is 95.5 cm³/mol. The summed E-state index contributed by atoms with van der Waals surface area (Å²) in [7, 11) is 0. The van der Waals surface area contributed by atoms with Crippen molar-refractivity contribution in [2.45, 2.75) is 17.4 Å². The molecule has 0 spiro atoms. The summed E-state index contributed by atoms with van der Waals surface area (Å²) in [5.74, 6) is 1.14. The summed E-state index contributed by atoms with van der Waals surface area (Å²) in [6.45, 7) is 5.64. The van der Waals surface area contributed by atoms with Crippen molar-refractivity contribution in [1.82, 2.24) is 15.5 Å². The van der Waals surface area contributed by atoms with Crippen molar-refractivity contribution in [2.75, 3.05) is 45.1 Å². The zero-order chi connectivity index (χ0) is 15.2. The number of nitrogens with zero attached hydrogens (tertiary/aromatic N) is 1. The first-order valence-electron chi connectivity index (χ1n) is 7.89. The van der Waals surface area contributed by atoms with Gasteiger partial charge in [-0.25, -0.2) is 0 Å². The zero-order valence-corrected chi connectivity index (χ0v) is 14.3. The SMILES string of the molecule is S=C(NCCN1CCOCC1)NC1CCSc2ccccc21. The van der Waals surface area contributed by atoms with Gasteiger partial charge in [0.2, 0.25) is 0 Å². The first-order valence-corrected chi connectivity index (χ1v) is 9.28. The molecule has 4 nitrogen and oxygen atoms in total. The molecule has 3 rings (SSSR count). The molecule has 1 saturated heterocycles. The highest BCUT2D eigenvalue weighted by Crippen LogP contribution is 2.35. The standard InChI is InChI=1S/C16H23N3OS2/c21-16(17-6-7-19-8-10-20-11-9-19)18-14-5-12-22-15-4-2-1-3-13(14)15/h1-4,14H,5-12H2,(H2,17,18,21). The summed E-state index contributed by atoms with van der Waals surface area (Å²) >= 11 is 7.39. The summed E-state index contributed by atoms with van der Waals surface area (Å²) in [5, 5.41) is 7.58. The number of benzene rings is 1. The highest BCUT2D eigenvalue weighted by molar-refractivity contribution is 7.99. The van der Waals surface area contributed by atoms with E-state index in [1.807, 2.05) is 11.8 Å². The molecule has 2 N–H and O–H groups in total. The highest BCUT2D eigenvalue weighted by Gasteiger charge is 2.20. The summed E-state index contributed by atoms with van der Waals surface area (Å²) in [6.07, 6.45) is 1.12. The number of thiocarbonyl (C=S) groups is 1. The van der Waals surface area contributed by atoms with Crippen LogP contribution in [0, 0.1) is 0 Å². The smallest absolute Gasteiger partial charge is 0.166 e. The van der Waals surface area contributed by atoms with Crippen LogP contribution in [-0.2, 0) is 4.74 Å². The van der Waals surface area contributed by atoms with Crippen LogP contribution in [0.15, 0.2) is 29.2 Å². The van der Waals surface area contributed by atoms with Gasteiger partial charge in [-0.2, -0.15) is 0 Å². The first-order chi connectivity index (χ1) is 10.8. The fraction of sp³-hybridized carbons (Fsp3) is 0.562. The molecule has 0 aromatic heterocycles. The minimum atomic E-state index is 0.334. The lowest BCUT2D eigenvalue weighted by atomic mass is 10.0. The molecule has 2 aliphatic rings. The third-order valence-corrected chi connectivity index (χ3v) is 5.47. The van der Waals surface area contributed by atoms with E-state index in [9.17, 15) is 0 Å². The van der Waals surface area contributed by atoms with E-state index in [0.29, 0.717) is 6.04 Å². The maximum absolute atomic E-state index is 5.46. The summed E-state index contributed by atoms with van der Waals surface area (Å²) in [6, 6.07) is 8.94. The van der Waals surface area contributed by atoms with Crippen LogP contribution in [0.25, 0.3) is 0 Å². The first kappa shape index (κ1) is 16.1. The van der Waals surface area contributed by atoms with E-state index in [-0.39, 0.29) is 0 Å². The molecule has 0 aliphatic carbocycles. The Morgan fingerprint density at radius 3 is 3.00 bits per heavy atom. The second kappa shape index (κ2) is 8.15. The van der Waals surface area contributed by atoms with Gasteiger partial charge >= 0.3 is 0 Å². The van der Waals surface area contributed by atoms with Crippen LogP contribution < -0.4 is 10.6 Å². The summed E-state index contributed by atoms with van der Waals surface area (Å²) in [4.78, 5) is 3.79. The average molecular weight is 338 g/mol. The van der Waals surface area contributed by atoms with E-state index in [1.165, 1.54) is 10.5 Å². The molecule has 0 bridgehead atoms. The molecule has 1 fully saturated rings. The Morgan fingerprint density at radius 1 is 1.32 bits per heavy atom. The molecule has 1 aromatic rings. The van der Waals surface area contributed by atoms with E-state index < -0.39 is 0 Å². The lowest BCUT2D eigenvalue weighted by Crippen LogP contribution is -2.44. The third-order valence-electron chi connectivity index (χ3n) is 4.08. The van der Waals surface area contributed by atoms with Crippen LogP contribution >= 0.6 is 24.0 Å². The lowest BCUT2D eigenvalue weighted by molar-refractivity contribution is 0.0389. The molecular formula is C16H23N3OS2. The summed E-state index contributed by atoms with van der Waals surface area (Å²) in [5.41, 5.74) is 1.37. The molecule has 2 heterocycles. The van der Waals surface area contributed by atoms with Crippen LogP contribution in [0.3, 0.4) is 0 Å². The molecule has 1 unspecified atom stereocenters.